The van der Waals surface area contributed by atoms with Crippen LogP contribution in [-0.2, 0) is 16.1 Å². The van der Waals surface area contributed by atoms with Gasteiger partial charge in [-0.1, -0.05) is 26.0 Å². The molecule has 0 unspecified atom stereocenters. The van der Waals surface area contributed by atoms with Crippen LogP contribution in [0.2, 0.25) is 0 Å². The lowest BCUT2D eigenvalue weighted by molar-refractivity contribution is -0.144. The first-order valence-electron chi connectivity index (χ1n) is 6.76. The SMILES string of the molecule is CCOc1cccc(CN[C@H](C(=O)OC)C(C)C)c1O. The molecular weight excluding hydrogens is 258 g/mol. The molecule has 0 fully saturated rings. The Morgan fingerprint density at radius 3 is 2.65 bits per heavy atom. The standard InChI is InChI=1S/C15H23NO4/c1-5-20-12-8-6-7-11(14(12)17)9-16-13(10(2)3)15(18)19-4/h6-8,10,13,16-17H,5,9H2,1-4H3/t13-/m0/s1. The highest BCUT2D eigenvalue weighted by Crippen LogP contribution is 2.29. The minimum Gasteiger partial charge on any atom is -0.504 e. The zero-order chi connectivity index (χ0) is 15.1. The number of benzene rings is 1. The lowest BCUT2D eigenvalue weighted by atomic mass is 10.0. The number of para-hydroxylation sites is 1. The average Bonchev–Trinajstić information content (AvgIpc) is 2.42. The number of nitrogens with one attached hydrogen (secondary N) is 1. The second kappa shape index (κ2) is 7.75. The van der Waals surface area contributed by atoms with Crippen LogP contribution in [0.5, 0.6) is 11.5 Å². The topological polar surface area (TPSA) is 67.8 Å². The predicted octanol–water partition coefficient (Wildman–Crippen LogP) is 2.08. The molecule has 5 heteroatoms. The van der Waals surface area contributed by atoms with Gasteiger partial charge in [0.05, 0.1) is 13.7 Å². The van der Waals surface area contributed by atoms with Crippen LogP contribution in [0, 0.1) is 5.92 Å². The number of methoxy groups -OCH3 is 1. The summed E-state index contributed by atoms with van der Waals surface area (Å²) in [6.45, 7) is 6.58. The van der Waals surface area contributed by atoms with Crippen LogP contribution in [0.1, 0.15) is 26.3 Å². The summed E-state index contributed by atoms with van der Waals surface area (Å²) in [7, 11) is 1.37. The van der Waals surface area contributed by atoms with Crippen molar-refractivity contribution < 1.29 is 19.4 Å². The van der Waals surface area contributed by atoms with Crippen LogP contribution in [0.15, 0.2) is 18.2 Å². The van der Waals surface area contributed by atoms with E-state index in [1.807, 2.05) is 26.8 Å². The molecule has 20 heavy (non-hydrogen) atoms. The number of esters is 1. The number of carbonyl (C=O) groups is 1. The Morgan fingerprint density at radius 1 is 1.40 bits per heavy atom. The fraction of sp³-hybridized carbons (Fsp3) is 0.533. The van der Waals surface area contributed by atoms with Crippen molar-refractivity contribution >= 4 is 5.97 Å². The summed E-state index contributed by atoms with van der Waals surface area (Å²) in [6, 6.07) is 4.90. The van der Waals surface area contributed by atoms with E-state index in [-0.39, 0.29) is 17.6 Å². The molecule has 0 heterocycles. The molecule has 1 aromatic carbocycles. The van der Waals surface area contributed by atoms with Gasteiger partial charge in [-0.2, -0.15) is 0 Å². The summed E-state index contributed by atoms with van der Waals surface area (Å²) < 4.78 is 10.1. The minimum atomic E-state index is -0.407. The van der Waals surface area contributed by atoms with Crippen molar-refractivity contribution in [2.24, 2.45) is 5.92 Å². The lowest BCUT2D eigenvalue weighted by Gasteiger charge is -2.20. The molecule has 112 valence electrons. The van der Waals surface area contributed by atoms with E-state index in [1.165, 1.54) is 7.11 Å². The normalized spacial score (nSPS) is 12.2. The van der Waals surface area contributed by atoms with Crippen LogP contribution >= 0.6 is 0 Å². The summed E-state index contributed by atoms with van der Waals surface area (Å²) in [5, 5.41) is 13.2. The summed E-state index contributed by atoms with van der Waals surface area (Å²) >= 11 is 0. The molecule has 0 spiro atoms. The predicted molar refractivity (Wildman–Crippen MR) is 76.8 cm³/mol. The zero-order valence-corrected chi connectivity index (χ0v) is 12.5. The third-order valence-corrected chi connectivity index (χ3v) is 3.02. The van der Waals surface area contributed by atoms with Crippen molar-refractivity contribution in [1.82, 2.24) is 5.32 Å². The van der Waals surface area contributed by atoms with Gasteiger partial charge >= 0.3 is 5.97 Å². The van der Waals surface area contributed by atoms with Gasteiger partial charge < -0.3 is 14.6 Å². The molecule has 0 aromatic heterocycles. The molecule has 1 rings (SSSR count). The van der Waals surface area contributed by atoms with Gasteiger partial charge in [-0.3, -0.25) is 10.1 Å². The molecule has 0 aliphatic heterocycles. The van der Waals surface area contributed by atoms with Crippen LogP contribution in [0.25, 0.3) is 0 Å². The number of hydrogen-bond donors (Lipinski definition) is 2. The number of aromatic hydroxyl groups is 1. The Bertz CT molecular complexity index is 445. The second-order valence-electron chi connectivity index (χ2n) is 4.82. The molecule has 0 saturated heterocycles. The molecule has 0 saturated carbocycles. The van der Waals surface area contributed by atoms with E-state index in [0.717, 1.165) is 0 Å². The number of hydrogen-bond acceptors (Lipinski definition) is 5. The summed E-state index contributed by atoms with van der Waals surface area (Å²) in [5.41, 5.74) is 0.686. The van der Waals surface area contributed by atoms with Crippen molar-refractivity contribution in [1.29, 1.82) is 0 Å². The molecule has 0 aliphatic carbocycles. The van der Waals surface area contributed by atoms with Gasteiger partial charge in [0.15, 0.2) is 11.5 Å². The Hall–Kier alpha value is -1.75. The fourth-order valence-corrected chi connectivity index (χ4v) is 1.92. The van der Waals surface area contributed by atoms with Gasteiger partial charge in [0.1, 0.15) is 6.04 Å². The van der Waals surface area contributed by atoms with Crippen molar-refractivity contribution in [2.75, 3.05) is 13.7 Å². The number of phenols is 1. The Kier molecular flexibility index (Phi) is 6.31. The van der Waals surface area contributed by atoms with Gasteiger partial charge in [-0.05, 0) is 18.9 Å². The first-order chi connectivity index (χ1) is 9.51. The summed E-state index contributed by atoms with van der Waals surface area (Å²) in [4.78, 5) is 11.7. The number of carbonyl (C=O) groups excluding carboxylic acids is 1. The maximum Gasteiger partial charge on any atom is 0.323 e. The number of phenolic OH excluding ortho intramolecular Hbond substituents is 1. The molecule has 1 atom stereocenters. The Balaban J connectivity index is 2.78. The fourth-order valence-electron chi connectivity index (χ4n) is 1.92. The van der Waals surface area contributed by atoms with Crippen molar-refractivity contribution in [3.05, 3.63) is 23.8 Å². The molecule has 0 amide bonds. The number of rotatable bonds is 7. The van der Waals surface area contributed by atoms with E-state index in [2.05, 4.69) is 5.32 Å². The highest BCUT2D eigenvalue weighted by molar-refractivity contribution is 5.75. The Labute approximate surface area is 119 Å². The maximum atomic E-state index is 11.7. The van der Waals surface area contributed by atoms with E-state index in [4.69, 9.17) is 9.47 Å². The quantitative estimate of drug-likeness (QED) is 0.749. The highest BCUT2D eigenvalue weighted by atomic mass is 16.5. The van der Waals surface area contributed by atoms with Gasteiger partial charge in [-0.15, -0.1) is 0 Å². The first-order valence-corrected chi connectivity index (χ1v) is 6.76. The Morgan fingerprint density at radius 2 is 2.10 bits per heavy atom. The molecule has 0 aliphatic rings. The zero-order valence-electron chi connectivity index (χ0n) is 12.5. The van der Waals surface area contributed by atoms with E-state index < -0.39 is 6.04 Å². The third kappa shape index (κ3) is 4.13. The average molecular weight is 281 g/mol. The van der Waals surface area contributed by atoms with Gasteiger partial charge in [0, 0.05) is 12.1 Å². The van der Waals surface area contributed by atoms with Crippen LogP contribution < -0.4 is 10.1 Å². The summed E-state index contributed by atoms with van der Waals surface area (Å²) in [5.74, 6) is 0.348. The van der Waals surface area contributed by atoms with Crippen LogP contribution in [0.4, 0.5) is 0 Å². The van der Waals surface area contributed by atoms with Crippen molar-refractivity contribution in [3.63, 3.8) is 0 Å². The molecule has 0 bridgehead atoms. The first kappa shape index (κ1) is 16.3. The molecule has 1 aromatic rings. The monoisotopic (exact) mass is 281 g/mol. The smallest absolute Gasteiger partial charge is 0.323 e. The molecule has 0 radical (unpaired) electrons. The third-order valence-electron chi connectivity index (χ3n) is 3.02. The van der Waals surface area contributed by atoms with Gasteiger partial charge in [0.25, 0.3) is 0 Å². The maximum absolute atomic E-state index is 11.7. The van der Waals surface area contributed by atoms with Gasteiger partial charge in [0.2, 0.25) is 0 Å². The van der Waals surface area contributed by atoms with E-state index >= 15 is 0 Å². The lowest BCUT2D eigenvalue weighted by Crippen LogP contribution is -2.41. The number of ether oxygens (including phenoxy) is 2. The highest BCUT2D eigenvalue weighted by Gasteiger charge is 2.22. The van der Waals surface area contributed by atoms with E-state index in [1.54, 1.807) is 12.1 Å². The molecule has 2 N–H and O–H groups in total. The van der Waals surface area contributed by atoms with Gasteiger partial charge in [-0.25, -0.2) is 0 Å². The summed E-state index contributed by atoms with van der Waals surface area (Å²) in [6.07, 6.45) is 0. The van der Waals surface area contributed by atoms with E-state index in [0.29, 0.717) is 24.5 Å². The molecule has 5 nitrogen and oxygen atoms in total. The minimum absolute atomic E-state index is 0.0969. The second-order valence-corrected chi connectivity index (χ2v) is 4.82. The molecular formula is C15H23NO4. The largest absolute Gasteiger partial charge is 0.504 e. The van der Waals surface area contributed by atoms with Crippen LogP contribution in [0.3, 0.4) is 0 Å². The van der Waals surface area contributed by atoms with E-state index in [9.17, 15) is 9.90 Å². The van der Waals surface area contributed by atoms with Crippen molar-refractivity contribution in [3.8, 4) is 11.5 Å². The van der Waals surface area contributed by atoms with Crippen molar-refractivity contribution in [2.45, 2.75) is 33.4 Å². The van der Waals surface area contributed by atoms with Crippen LogP contribution in [-0.4, -0.2) is 30.8 Å².